The molecule has 49 heavy (non-hydrogen) atoms. The van der Waals surface area contributed by atoms with E-state index in [2.05, 4.69) is 181 Å². The molecule has 0 aliphatic heterocycles. The van der Waals surface area contributed by atoms with Crippen LogP contribution in [-0.2, 0) is 0 Å². The van der Waals surface area contributed by atoms with Crippen molar-refractivity contribution in [2.45, 2.75) is 0 Å². The molecule has 0 atom stereocenters. The molecular formula is C46H29NOS. The third-order valence-electron chi connectivity index (χ3n) is 9.67. The van der Waals surface area contributed by atoms with Crippen LogP contribution in [0.2, 0.25) is 0 Å². The van der Waals surface area contributed by atoms with Crippen LogP contribution < -0.4 is 4.90 Å². The molecule has 0 amide bonds. The summed E-state index contributed by atoms with van der Waals surface area (Å²) in [6.45, 7) is 0. The highest BCUT2D eigenvalue weighted by Crippen LogP contribution is 2.52. The fraction of sp³-hybridized carbons (Fsp3) is 0. The molecule has 0 radical (unpaired) electrons. The predicted molar refractivity (Wildman–Crippen MR) is 210 cm³/mol. The van der Waals surface area contributed by atoms with Crippen LogP contribution in [0.5, 0.6) is 0 Å². The van der Waals surface area contributed by atoms with E-state index in [-0.39, 0.29) is 0 Å². The van der Waals surface area contributed by atoms with Crippen LogP contribution in [0.25, 0.3) is 75.1 Å². The summed E-state index contributed by atoms with van der Waals surface area (Å²) in [5, 5.41) is 7.17. The molecule has 2 heterocycles. The average molecular weight is 644 g/mol. The normalized spacial score (nSPS) is 11.7. The molecular weight excluding hydrogens is 615 g/mol. The van der Waals surface area contributed by atoms with Crippen LogP contribution in [0.4, 0.5) is 17.1 Å². The van der Waals surface area contributed by atoms with Gasteiger partial charge in [0.05, 0.1) is 21.5 Å². The van der Waals surface area contributed by atoms with Gasteiger partial charge in [-0.1, -0.05) is 133 Å². The lowest BCUT2D eigenvalue weighted by Gasteiger charge is -2.29. The average Bonchev–Trinajstić information content (AvgIpc) is 3.75. The summed E-state index contributed by atoms with van der Waals surface area (Å²) in [6, 6.07) is 63.1. The van der Waals surface area contributed by atoms with Crippen molar-refractivity contribution in [1.29, 1.82) is 0 Å². The summed E-state index contributed by atoms with van der Waals surface area (Å²) in [5.74, 6) is 0. The first-order chi connectivity index (χ1) is 24.3. The van der Waals surface area contributed by atoms with Gasteiger partial charge in [0.25, 0.3) is 0 Å². The number of furan rings is 1. The second kappa shape index (κ2) is 11.2. The van der Waals surface area contributed by atoms with Gasteiger partial charge < -0.3 is 9.32 Å². The van der Waals surface area contributed by atoms with E-state index in [4.69, 9.17) is 4.42 Å². The number of benzene rings is 8. The summed E-state index contributed by atoms with van der Waals surface area (Å²) in [6.07, 6.45) is 0. The minimum atomic E-state index is 0.871. The molecule has 0 spiro atoms. The van der Waals surface area contributed by atoms with Crippen LogP contribution in [0, 0.1) is 0 Å². The molecule has 3 heteroatoms. The topological polar surface area (TPSA) is 16.4 Å². The Bertz CT molecular complexity index is 2810. The Labute approximate surface area is 287 Å². The number of hydrogen-bond acceptors (Lipinski definition) is 3. The monoisotopic (exact) mass is 643 g/mol. The zero-order valence-corrected chi connectivity index (χ0v) is 27.3. The van der Waals surface area contributed by atoms with Crippen molar-refractivity contribution in [2.75, 3.05) is 4.90 Å². The zero-order valence-electron chi connectivity index (χ0n) is 26.5. The van der Waals surface area contributed by atoms with E-state index in [0.717, 1.165) is 50.1 Å². The molecule has 230 valence electrons. The molecule has 8 aromatic carbocycles. The summed E-state index contributed by atoms with van der Waals surface area (Å²) in [7, 11) is 0. The molecule has 10 aromatic rings. The molecule has 0 saturated carbocycles. The minimum Gasteiger partial charge on any atom is -0.456 e. The summed E-state index contributed by atoms with van der Waals surface area (Å²) < 4.78 is 9.24. The van der Waals surface area contributed by atoms with Crippen molar-refractivity contribution in [3.63, 3.8) is 0 Å². The van der Waals surface area contributed by atoms with Crippen molar-refractivity contribution in [1.82, 2.24) is 0 Å². The van der Waals surface area contributed by atoms with Crippen LogP contribution in [0.3, 0.4) is 0 Å². The first kappa shape index (κ1) is 27.9. The highest BCUT2D eigenvalue weighted by atomic mass is 32.1. The van der Waals surface area contributed by atoms with Crippen LogP contribution in [0.1, 0.15) is 0 Å². The molecule has 0 saturated heterocycles. The van der Waals surface area contributed by atoms with Gasteiger partial charge in [0.2, 0.25) is 0 Å². The second-order valence-electron chi connectivity index (χ2n) is 12.5. The number of thiophene rings is 1. The first-order valence-corrected chi connectivity index (χ1v) is 17.4. The number of rotatable bonds is 5. The van der Waals surface area contributed by atoms with E-state index >= 15 is 0 Å². The third-order valence-corrected chi connectivity index (χ3v) is 10.9. The molecule has 2 aromatic heterocycles. The fourth-order valence-corrected chi connectivity index (χ4v) is 8.63. The fourth-order valence-electron chi connectivity index (χ4n) is 7.43. The van der Waals surface area contributed by atoms with Crippen LogP contribution in [0.15, 0.2) is 180 Å². The quantitative estimate of drug-likeness (QED) is 0.186. The lowest BCUT2D eigenvalue weighted by molar-refractivity contribution is 0.669. The molecule has 0 aliphatic rings. The van der Waals surface area contributed by atoms with Crippen molar-refractivity contribution in [2.24, 2.45) is 0 Å². The maximum absolute atomic E-state index is 6.70. The first-order valence-electron chi connectivity index (χ1n) is 16.6. The zero-order chi connectivity index (χ0) is 32.3. The Morgan fingerprint density at radius 1 is 0.429 bits per heavy atom. The maximum Gasteiger partial charge on any atom is 0.137 e. The van der Waals surface area contributed by atoms with Gasteiger partial charge >= 0.3 is 0 Å². The van der Waals surface area contributed by atoms with Crippen LogP contribution >= 0.6 is 11.3 Å². The summed E-state index contributed by atoms with van der Waals surface area (Å²) in [5.41, 5.74) is 9.79. The van der Waals surface area contributed by atoms with E-state index in [9.17, 15) is 0 Å². The standard InChI is InChI=1S/C46H29NOS/c1-3-12-30(13-4-1)31-22-25-34(26-23-31)47(39-20-11-19-38-37-18-9-10-21-42(37)49-46(38)39)45-36(32-14-5-2-6-15-32)27-29-41-44(45)43-35-17-8-7-16-33(35)24-28-40(43)48-41/h1-29H. The number of hydrogen-bond donors (Lipinski definition) is 0. The van der Waals surface area contributed by atoms with Crippen LogP contribution in [-0.4, -0.2) is 0 Å². The molecule has 10 rings (SSSR count). The van der Waals surface area contributed by atoms with E-state index in [1.807, 2.05) is 11.3 Å². The van der Waals surface area contributed by atoms with Crippen molar-refractivity contribution in [3.05, 3.63) is 176 Å². The van der Waals surface area contributed by atoms with E-state index < -0.39 is 0 Å². The van der Waals surface area contributed by atoms with Crippen molar-refractivity contribution >= 4 is 81.3 Å². The van der Waals surface area contributed by atoms with Gasteiger partial charge in [-0.15, -0.1) is 11.3 Å². The van der Waals surface area contributed by atoms with Gasteiger partial charge in [0, 0.05) is 32.1 Å². The predicted octanol–water partition coefficient (Wildman–Crippen LogP) is 13.9. The second-order valence-corrected chi connectivity index (χ2v) is 13.5. The van der Waals surface area contributed by atoms with E-state index in [1.165, 1.54) is 42.1 Å². The van der Waals surface area contributed by atoms with Gasteiger partial charge in [-0.05, 0) is 69.9 Å². The summed E-state index contributed by atoms with van der Waals surface area (Å²) >= 11 is 1.86. The van der Waals surface area contributed by atoms with Gasteiger partial charge in [0.1, 0.15) is 11.2 Å². The molecule has 0 aliphatic carbocycles. The van der Waals surface area contributed by atoms with Gasteiger partial charge in [-0.2, -0.15) is 0 Å². The van der Waals surface area contributed by atoms with Crippen molar-refractivity contribution < 1.29 is 4.42 Å². The Morgan fingerprint density at radius 3 is 1.88 bits per heavy atom. The number of nitrogens with zero attached hydrogens (tertiary/aromatic N) is 1. The largest absolute Gasteiger partial charge is 0.456 e. The smallest absolute Gasteiger partial charge is 0.137 e. The highest BCUT2D eigenvalue weighted by molar-refractivity contribution is 7.26. The SMILES string of the molecule is c1ccc(-c2ccc(N(c3cccc4c3sc3ccccc34)c3c(-c4ccccc4)ccc4oc5ccc6ccccc6c5c34)cc2)cc1. The Hall–Kier alpha value is -6.16. The molecule has 0 N–H and O–H groups in total. The molecule has 2 nitrogen and oxygen atoms in total. The Morgan fingerprint density at radius 2 is 1.06 bits per heavy atom. The Balaban J connectivity index is 1.36. The summed E-state index contributed by atoms with van der Waals surface area (Å²) in [4.78, 5) is 2.48. The van der Waals surface area contributed by atoms with E-state index in [0.29, 0.717) is 0 Å². The van der Waals surface area contributed by atoms with Gasteiger partial charge in [-0.3, -0.25) is 0 Å². The molecule has 0 bridgehead atoms. The van der Waals surface area contributed by atoms with E-state index in [1.54, 1.807) is 0 Å². The van der Waals surface area contributed by atoms with Crippen molar-refractivity contribution in [3.8, 4) is 22.3 Å². The maximum atomic E-state index is 6.70. The highest BCUT2D eigenvalue weighted by Gasteiger charge is 2.26. The lowest BCUT2D eigenvalue weighted by Crippen LogP contribution is -2.12. The number of fused-ring (bicyclic) bond motifs is 8. The van der Waals surface area contributed by atoms with Gasteiger partial charge in [-0.25, -0.2) is 0 Å². The Kier molecular flexibility index (Phi) is 6.39. The third kappa shape index (κ3) is 4.47. The molecule has 0 fully saturated rings. The lowest BCUT2D eigenvalue weighted by atomic mass is 9.95. The molecule has 0 unspecified atom stereocenters. The van der Waals surface area contributed by atoms with Gasteiger partial charge in [0.15, 0.2) is 0 Å². The number of anilines is 3. The minimum absolute atomic E-state index is 0.871.